The highest BCUT2D eigenvalue weighted by Gasteiger charge is 2.20. The molecule has 0 aliphatic carbocycles. The third kappa shape index (κ3) is 5.15. The van der Waals surface area contributed by atoms with E-state index in [9.17, 15) is 25.6 Å². The molecule has 0 aliphatic heterocycles. The van der Waals surface area contributed by atoms with Crippen LogP contribution in [0.2, 0.25) is 0 Å². The number of hydrogen-bond acceptors (Lipinski definition) is 6. The number of aromatic nitrogens is 1. The lowest BCUT2D eigenvalue weighted by atomic mass is 10.2. The van der Waals surface area contributed by atoms with Crippen LogP contribution in [-0.2, 0) is 20.0 Å². The minimum atomic E-state index is -4.16. The van der Waals surface area contributed by atoms with Crippen LogP contribution in [0.4, 0.5) is 20.2 Å². The van der Waals surface area contributed by atoms with E-state index in [0.29, 0.717) is 16.7 Å². The van der Waals surface area contributed by atoms with Crippen LogP contribution in [0.25, 0.3) is 22.6 Å². The van der Waals surface area contributed by atoms with Gasteiger partial charge < -0.3 is 4.42 Å². The number of rotatable bonds is 7. The zero-order valence-electron chi connectivity index (χ0n) is 18.7. The standard InChI is InChI=1S/C25H17F2N3O5S2/c26-17-4-3-5-20(14-17)36(31,32)29-18-10-8-16(9-11-18)25-28-22-15-19(12-13-23(22)35-25)30-37(33,34)24-7-2-1-6-21(24)27/h1-15,29-30H. The molecule has 8 nitrogen and oxygen atoms in total. The number of halogens is 2. The fourth-order valence-corrected chi connectivity index (χ4v) is 5.74. The molecular weight excluding hydrogens is 524 g/mol. The lowest BCUT2D eigenvalue weighted by Crippen LogP contribution is -2.14. The number of anilines is 2. The molecular formula is C25H17F2N3O5S2. The fourth-order valence-electron chi connectivity index (χ4n) is 3.52. The van der Waals surface area contributed by atoms with Gasteiger partial charge in [0.2, 0.25) is 5.89 Å². The molecule has 1 aromatic heterocycles. The van der Waals surface area contributed by atoms with E-state index in [-0.39, 0.29) is 22.2 Å². The van der Waals surface area contributed by atoms with E-state index in [1.165, 1.54) is 54.6 Å². The van der Waals surface area contributed by atoms with Gasteiger partial charge in [0.05, 0.1) is 10.6 Å². The van der Waals surface area contributed by atoms with Crippen molar-refractivity contribution in [1.82, 2.24) is 4.98 Å². The highest BCUT2D eigenvalue weighted by molar-refractivity contribution is 7.93. The van der Waals surface area contributed by atoms with Crippen molar-refractivity contribution in [3.8, 4) is 11.5 Å². The van der Waals surface area contributed by atoms with Crippen LogP contribution in [0.5, 0.6) is 0 Å². The first-order valence-corrected chi connectivity index (χ1v) is 13.6. The molecule has 0 atom stereocenters. The Bertz CT molecular complexity index is 1840. The van der Waals surface area contributed by atoms with Crippen LogP contribution in [0, 0.1) is 11.6 Å². The van der Waals surface area contributed by atoms with Crippen LogP contribution >= 0.6 is 0 Å². The number of nitrogens with one attached hydrogen (secondary N) is 2. The Hall–Kier alpha value is -4.29. The summed E-state index contributed by atoms with van der Waals surface area (Å²) >= 11 is 0. The monoisotopic (exact) mass is 541 g/mol. The smallest absolute Gasteiger partial charge is 0.264 e. The van der Waals surface area contributed by atoms with Gasteiger partial charge in [0.1, 0.15) is 22.0 Å². The van der Waals surface area contributed by atoms with Crippen molar-refractivity contribution in [2.45, 2.75) is 9.79 Å². The van der Waals surface area contributed by atoms with Crippen molar-refractivity contribution in [3.63, 3.8) is 0 Å². The summed E-state index contributed by atoms with van der Waals surface area (Å²) in [5.74, 6) is -1.33. The van der Waals surface area contributed by atoms with E-state index in [1.54, 1.807) is 12.1 Å². The molecule has 0 fully saturated rings. The van der Waals surface area contributed by atoms with Gasteiger partial charge in [-0.2, -0.15) is 0 Å². The quantitative estimate of drug-likeness (QED) is 0.286. The second kappa shape index (κ2) is 9.30. The summed E-state index contributed by atoms with van der Waals surface area (Å²) in [5.41, 5.74) is 1.66. The maximum absolute atomic E-state index is 14.0. The number of sulfonamides is 2. The molecule has 12 heteroatoms. The van der Waals surface area contributed by atoms with Gasteiger partial charge in [-0.05, 0) is 72.8 Å². The highest BCUT2D eigenvalue weighted by atomic mass is 32.2. The maximum atomic E-state index is 14.0. The minimum Gasteiger partial charge on any atom is -0.436 e. The fraction of sp³-hybridized carbons (Fsp3) is 0. The Morgan fingerprint density at radius 2 is 1.41 bits per heavy atom. The van der Waals surface area contributed by atoms with Gasteiger partial charge in [-0.3, -0.25) is 9.44 Å². The molecule has 1 heterocycles. The summed E-state index contributed by atoms with van der Waals surface area (Å²) < 4.78 is 87.9. The van der Waals surface area contributed by atoms with Gasteiger partial charge in [-0.1, -0.05) is 18.2 Å². The Balaban J connectivity index is 1.36. The van der Waals surface area contributed by atoms with E-state index in [0.717, 1.165) is 24.3 Å². The second-order valence-corrected chi connectivity index (χ2v) is 11.2. The molecule has 0 spiro atoms. The van der Waals surface area contributed by atoms with Gasteiger partial charge in [0.15, 0.2) is 5.58 Å². The average molecular weight is 542 g/mol. The van der Waals surface area contributed by atoms with Crippen LogP contribution < -0.4 is 9.44 Å². The van der Waals surface area contributed by atoms with Crippen LogP contribution in [0.3, 0.4) is 0 Å². The zero-order chi connectivity index (χ0) is 26.2. The minimum absolute atomic E-state index is 0.165. The Morgan fingerprint density at radius 1 is 0.703 bits per heavy atom. The largest absolute Gasteiger partial charge is 0.436 e. The SMILES string of the molecule is O=S(=O)(Nc1ccc(-c2nc3cc(NS(=O)(=O)c4ccccc4F)ccc3o2)cc1)c1cccc(F)c1. The molecule has 0 radical (unpaired) electrons. The van der Waals surface area contributed by atoms with Crippen LogP contribution in [0.1, 0.15) is 0 Å². The zero-order valence-corrected chi connectivity index (χ0v) is 20.4. The van der Waals surface area contributed by atoms with Crippen molar-refractivity contribution in [3.05, 3.63) is 103 Å². The first-order valence-electron chi connectivity index (χ1n) is 10.7. The van der Waals surface area contributed by atoms with Crippen molar-refractivity contribution in [2.75, 3.05) is 9.44 Å². The van der Waals surface area contributed by atoms with Crippen LogP contribution in [-0.4, -0.2) is 21.8 Å². The van der Waals surface area contributed by atoms with Gasteiger partial charge in [0.25, 0.3) is 20.0 Å². The molecule has 188 valence electrons. The van der Waals surface area contributed by atoms with E-state index >= 15 is 0 Å². The van der Waals surface area contributed by atoms with E-state index in [4.69, 9.17) is 4.42 Å². The summed E-state index contributed by atoms with van der Waals surface area (Å²) in [6.07, 6.45) is 0. The maximum Gasteiger partial charge on any atom is 0.264 e. The summed E-state index contributed by atoms with van der Waals surface area (Å²) in [5, 5.41) is 0. The van der Waals surface area contributed by atoms with Gasteiger partial charge in [-0.25, -0.2) is 30.6 Å². The molecule has 0 bridgehead atoms. The lowest BCUT2D eigenvalue weighted by Gasteiger charge is -2.08. The van der Waals surface area contributed by atoms with E-state index in [1.807, 2.05) is 0 Å². The molecule has 0 saturated carbocycles. The molecule has 0 amide bonds. The van der Waals surface area contributed by atoms with E-state index in [2.05, 4.69) is 14.4 Å². The first-order chi connectivity index (χ1) is 17.6. The van der Waals surface area contributed by atoms with Crippen molar-refractivity contribution in [2.24, 2.45) is 0 Å². The van der Waals surface area contributed by atoms with Crippen molar-refractivity contribution >= 4 is 42.5 Å². The molecule has 5 rings (SSSR count). The molecule has 2 N–H and O–H groups in total. The molecule has 5 aromatic rings. The first kappa shape index (κ1) is 24.4. The summed E-state index contributed by atoms with van der Waals surface area (Å²) in [4.78, 5) is 3.68. The predicted octanol–water partition coefficient (Wildman–Crippen LogP) is 5.37. The Kier molecular flexibility index (Phi) is 6.13. The normalized spacial score (nSPS) is 11.9. The van der Waals surface area contributed by atoms with Crippen LogP contribution in [0.15, 0.2) is 105 Å². The summed E-state index contributed by atoms with van der Waals surface area (Å²) in [7, 11) is -8.15. The Morgan fingerprint density at radius 3 is 2.14 bits per heavy atom. The number of oxazole rings is 1. The summed E-state index contributed by atoms with van der Waals surface area (Å²) in [6, 6.07) is 20.2. The molecule has 0 saturated heterocycles. The predicted molar refractivity (Wildman–Crippen MR) is 134 cm³/mol. The third-order valence-electron chi connectivity index (χ3n) is 5.26. The summed E-state index contributed by atoms with van der Waals surface area (Å²) in [6.45, 7) is 0. The molecule has 0 unspecified atom stereocenters. The topological polar surface area (TPSA) is 118 Å². The van der Waals surface area contributed by atoms with Crippen molar-refractivity contribution < 1.29 is 30.0 Å². The average Bonchev–Trinajstić information content (AvgIpc) is 3.28. The van der Waals surface area contributed by atoms with Gasteiger partial charge in [-0.15, -0.1) is 0 Å². The highest BCUT2D eigenvalue weighted by Crippen LogP contribution is 2.29. The molecule has 0 aliphatic rings. The van der Waals surface area contributed by atoms with E-state index < -0.39 is 36.6 Å². The molecule has 37 heavy (non-hydrogen) atoms. The van der Waals surface area contributed by atoms with Crippen molar-refractivity contribution in [1.29, 1.82) is 0 Å². The number of benzene rings is 4. The Labute approximate surface area is 210 Å². The number of nitrogens with zero attached hydrogens (tertiary/aromatic N) is 1. The third-order valence-corrected chi connectivity index (χ3v) is 8.05. The second-order valence-electron chi connectivity index (χ2n) is 7.88. The lowest BCUT2D eigenvalue weighted by molar-refractivity contribution is 0.570. The number of fused-ring (bicyclic) bond motifs is 1. The number of hydrogen-bond donors (Lipinski definition) is 2. The van der Waals surface area contributed by atoms with Gasteiger partial charge in [0, 0.05) is 11.3 Å². The van der Waals surface area contributed by atoms with Gasteiger partial charge >= 0.3 is 0 Å². The molecule has 4 aromatic carbocycles.